The summed E-state index contributed by atoms with van der Waals surface area (Å²) < 4.78 is 6.75. The minimum atomic E-state index is -0.872. The molecule has 0 atom stereocenters. The van der Waals surface area contributed by atoms with Crippen molar-refractivity contribution < 1.29 is 14.6 Å². The topological polar surface area (TPSA) is 161 Å². The van der Waals surface area contributed by atoms with Crippen LogP contribution in [-0.2, 0) is 11.8 Å². The lowest BCUT2D eigenvalue weighted by Gasteiger charge is -2.11. The van der Waals surface area contributed by atoms with Crippen LogP contribution in [0, 0.1) is 18.3 Å². The largest absolute Gasteiger partial charge is 0.493 e. The number of methoxy groups -OCH3 is 1. The van der Waals surface area contributed by atoms with Crippen molar-refractivity contribution in [3.63, 3.8) is 0 Å². The van der Waals surface area contributed by atoms with Crippen molar-refractivity contribution in [1.82, 2.24) is 24.3 Å². The molecule has 0 spiro atoms. The summed E-state index contributed by atoms with van der Waals surface area (Å²) in [6.07, 6.45) is 4.07. The van der Waals surface area contributed by atoms with Crippen LogP contribution in [0.4, 0.5) is 11.5 Å². The molecular weight excluding hydrogens is 380 g/mol. The highest BCUT2D eigenvalue weighted by molar-refractivity contribution is 5.92. The lowest BCUT2D eigenvalue weighted by molar-refractivity contribution is 0.0597. The number of rotatable bonds is 4. The number of ether oxygens (including phenoxy) is 1. The van der Waals surface area contributed by atoms with Crippen LogP contribution >= 0.6 is 0 Å². The van der Waals surface area contributed by atoms with Gasteiger partial charge < -0.3 is 9.84 Å². The van der Waals surface area contributed by atoms with Crippen molar-refractivity contribution in [3.05, 3.63) is 51.8 Å². The van der Waals surface area contributed by atoms with E-state index in [0.717, 1.165) is 11.7 Å². The Bertz CT molecular complexity index is 1220. The number of aromatic hydroxyl groups is 1. The fraction of sp³-hybridized carbons (Fsp3) is 0.176. The van der Waals surface area contributed by atoms with Gasteiger partial charge >= 0.3 is 5.97 Å². The number of nitrogens with zero attached hydrogens (tertiary/aromatic N) is 8. The van der Waals surface area contributed by atoms with Gasteiger partial charge in [-0.1, -0.05) is 0 Å². The van der Waals surface area contributed by atoms with Gasteiger partial charge in [0.1, 0.15) is 29.2 Å². The second kappa shape index (κ2) is 7.69. The van der Waals surface area contributed by atoms with Gasteiger partial charge in [-0.15, -0.1) is 10.2 Å². The monoisotopic (exact) mass is 394 g/mol. The van der Waals surface area contributed by atoms with E-state index in [1.807, 2.05) is 6.07 Å². The quantitative estimate of drug-likeness (QED) is 0.514. The first-order chi connectivity index (χ1) is 13.9. The summed E-state index contributed by atoms with van der Waals surface area (Å²) in [6, 6.07) is 3.49. The van der Waals surface area contributed by atoms with Crippen molar-refractivity contribution in [2.45, 2.75) is 6.92 Å². The lowest BCUT2D eigenvalue weighted by atomic mass is 10.1. The van der Waals surface area contributed by atoms with Crippen LogP contribution in [0.25, 0.3) is 5.82 Å². The Hall–Kier alpha value is -4.40. The molecule has 1 N–H and O–H groups in total. The number of carbonyl (C=O) groups is 1. The summed E-state index contributed by atoms with van der Waals surface area (Å²) in [5.74, 6) is -0.996. The van der Waals surface area contributed by atoms with Crippen molar-refractivity contribution in [1.29, 1.82) is 5.26 Å². The summed E-state index contributed by atoms with van der Waals surface area (Å²) in [7, 11) is 2.41. The number of azo groups is 1. The normalized spacial score (nSPS) is 10.8. The summed E-state index contributed by atoms with van der Waals surface area (Å²) in [5, 5.41) is 31.7. The third-order valence-electron chi connectivity index (χ3n) is 4.06. The summed E-state index contributed by atoms with van der Waals surface area (Å²) in [4.78, 5) is 32.1. The number of esters is 1. The van der Waals surface area contributed by atoms with Gasteiger partial charge in [-0.25, -0.2) is 14.8 Å². The number of carbonyl (C=O) groups excluding carboxylic acids is 1. The molecule has 3 heterocycles. The van der Waals surface area contributed by atoms with Gasteiger partial charge in [0.25, 0.3) is 5.56 Å². The molecule has 0 aliphatic carbocycles. The number of aromatic nitrogens is 5. The molecule has 0 aromatic carbocycles. The first kappa shape index (κ1) is 19.4. The molecule has 12 nitrogen and oxygen atoms in total. The number of hydrogen-bond donors (Lipinski definition) is 1. The third kappa shape index (κ3) is 3.32. The number of nitriles is 1. The minimum Gasteiger partial charge on any atom is -0.493 e. The fourth-order valence-corrected chi connectivity index (χ4v) is 2.52. The van der Waals surface area contributed by atoms with Crippen molar-refractivity contribution in [2.24, 2.45) is 17.3 Å². The Morgan fingerprint density at radius 1 is 1.38 bits per heavy atom. The highest BCUT2D eigenvalue weighted by Gasteiger charge is 2.23. The molecule has 3 aromatic heterocycles. The molecule has 146 valence electrons. The van der Waals surface area contributed by atoms with E-state index in [9.17, 15) is 20.0 Å². The van der Waals surface area contributed by atoms with Crippen LogP contribution in [-0.4, -0.2) is 42.5 Å². The highest BCUT2D eigenvalue weighted by atomic mass is 16.5. The number of pyridine rings is 1. The van der Waals surface area contributed by atoms with Gasteiger partial charge in [-0.2, -0.15) is 15.0 Å². The Labute approximate surface area is 163 Å². The molecule has 0 fully saturated rings. The second-order valence-electron chi connectivity index (χ2n) is 5.70. The van der Waals surface area contributed by atoms with Crippen LogP contribution in [0.1, 0.15) is 21.5 Å². The molecule has 12 heteroatoms. The van der Waals surface area contributed by atoms with Crippen LogP contribution in [0.5, 0.6) is 5.88 Å². The fourth-order valence-electron chi connectivity index (χ4n) is 2.52. The van der Waals surface area contributed by atoms with Gasteiger partial charge in [0, 0.05) is 24.9 Å². The maximum absolute atomic E-state index is 12.3. The van der Waals surface area contributed by atoms with E-state index in [1.54, 1.807) is 6.07 Å². The zero-order valence-electron chi connectivity index (χ0n) is 15.6. The van der Waals surface area contributed by atoms with Gasteiger partial charge in [-0.3, -0.25) is 9.36 Å². The maximum Gasteiger partial charge on any atom is 0.343 e. The molecule has 0 unspecified atom stereocenters. The summed E-state index contributed by atoms with van der Waals surface area (Å²) in [6.45, 7) is 1.43. The minimum absolute atomic E-state index is 0.0403. The standard InChI is InChI=1S/C17H14N8O4/c1-9-12(17(28)29-3)15(26)24(2)16(27)13(9)22-23-14-10(6-18)7-21-25(14)11-4-5-19-8-20-11/h4-5,7-8,27H,1-3H3/b23-22+. The van der Waals surface area contributed by atoms with Crippen LogP contribution in [0.15, 0.2) is 39.8 Å². The third-order valence-corrected chi connectivity index (χ3v) is 4.06. The molecule has 0 radical (unpaired) electrons. The zero-order valence-corrected chi connectivity index (χ0v) is 15.6. The van der Waals surface area contributed by atoms with E-state index < -0.39 is 17.4 Å². The molecule has 0 amide bonds. The average Bonchev–Trinajstić information content (AvgIpc) is 3.15. The first-order valence-corrected chi connectivity index (χ1v) is 8.07. The van der Waals surface area contributed by atoms with Crippen molar-refractivity contribution >= 4 is 17.5 Å². The Morgan fingerprint density at radius 3 is 2.76 bits per heavy atom. The van der Waals surface area contributed by atoms with E-state index in [-0.39, 0.29) is 28.2 Å². The summed E-state index contributed by atoms with van der Waals surface area (Å²) in [5.41, 5.74) is -0.983. The SMILES string of the molecule is COC(=O)c1c(C)c(/N=N/c2c(C#N)cnn2-c2ccncn2)c(O)n(C)c1=O. The van der Waals surface area contributed by atoms with E-state index in [2.05, 4.69) is 30.0 Å². The molecule has 0 saturated heterocycles. The molecule has 0 aliphatic rings. The molecular formula is C17H14N8O4. The Kier molecular flexibility index (Phi) is 5.13. The Balaban J connectivity index is 2.19. The van der Waals surface area contributed by atoms with E-state index >= 15 is 0 Å². The Morgan fingerprint density at radius 2 is 2.14 bits per heavy atom. The highest BCUT2D eigenvalue weighted by Crippen LogP contribution is 2.33. The van der Waals surface area contributed by atoms with Crippen LogP contribution < -0.4 is 5.56 Å². The van der Waals surface area contributed by atoms with E-state index in [1.165, 1.54) is 37.4 Å². The molecule has 0 aliphatic heterocycles. The first-order valence-electron chi connectivity index (χ1n) is 8.07. The predicted molar refractivity (Wildman–Crippen MR) is 97.5 cm³/mol. The smallest absolute Gasteiger partial charge is 0.343 e. The lowest BCUT2D eigenvalue weighted by Crippen LogP contribution is -2.26. The molecule has 0 saturated carbocycles. The van der Waals surface area contributed by atoms with Gasteiger partial charge in [0.2, 0.25) is 5.88 Å². The summed E-state index contributed by atoms with van der Waals surface area (Å²) >= 11 is 0. The van der Waals surface area contributed by atoms with Crippen LogP contribution in [0.2, 0.25) is 0 Å². The van der Waals surface area contributed by atoms with Crippen molar-refractivity contribution in [2.75, 3.05) is 7.11 Å². The second-order valence-corrected chi connectivity index (χ2v) is 5.70. The molecule has 0 bridgehead atoms. The van der Waals surface area contributed by atoms with E-state index in [0.29, 0.717) is 5.82 Å². The predicted octanol–water partition coefficient (Wildman–Crippen LogP) is 1.45. The zero-order chi connectivity index (χ0) is 21.1. The molecule has 3 rings (SSSR count). The van der Waals surface area contributed by atoms with Gasteiger partial charge in [-0.05, 0) is 6.92 Å². The van der Waals surface area contributed by atoms with E-state index in [4.69, 9.17) is 0 Å². The number of hydrogen-bond acceptors (Lipinski definition) is 10. The van der Waals surface area contributed by atoms with Crippen LogP contribution in [0.3, 0.4) is 0 Å². The molecule has 29 heavy (non-hydrogen) atoms. The maximum atomic E-state index is 12.3. The van der Waals surface area contributed by atoms with Gasteiger partial charge in [0.15, 0.2) is 11.6 Å². The molecule has 3 aromatic rings. The average molecular weight is 394 g/mol. The van der Waals surface area contributed by atoms with Crippen molar-refractivity contribution in [3.8, 4) is 17.8 Å². The van der Waals surface area contributed by atoms with Gasteiger partial charge in [0.05, 0.1) is 13.3 Å².